The van der Waals surface area contributed by atoms with Gasteiger partial charge in [0, 0.05) is 18.5 Å². The van der Waals surface area contributed by atoms with Gasteiger partial charge in [-0.2, -0.15) is 0 Å². The predicted octanol–water partition coefficient (Wildman–Crippen LogP) is 3.44. The van der Waals surface area contributed by atoms with Gasteiger partial charge in [0.15, 0.2) is 0 Å². The molecule has 0 aromatic heterocycles. The Balaban J connectivity index is 1.57. The summed E-state index contributed by atoms with van der Waals surface area (Å²) in [7, 11) is 0. The van der Waals surface area contributed by atoms with E-state index in [0.29, 0.717) is 18.5 Å². The first-order chi connectivity index (χ1) is 12.6. The molecular weight excluding hydrogens is 331 g/mol. The van der Waals surface area contributed by atoms with Crippen molar-refractivity contribution in [3.8, 4) is 0 Å². The first kappa shape index (κ1) is 18.9. The summed E-state index contributed by atoms with van der Waals surface area (Å²) in [4.78, 5) is 27.4. The molecule has 0 bridgehead atoms. The van der Waals surface area contributed by atoms with E-state index in [4.69, 9.17) is 0 Å². The maximum Gasteiger partial charge on any atom is 0.243 e. The van der Waals surface area contributed by atoms with Crippen molar-refractivity contribution in [1.29, 1.82) is 0 Å². The van der Waals surface area contributed by atoms with Crippen LogP contribution in [-0.2, 0) is 16.0 Å². The van der Waals surface area contributed by atoms with Crippen molar-refractivity contribution >= 4 is 11.8 Å². The summed E-state index contributed by atoms with van der Waals surface area (Å²) in [5.74, 6) is -0.101. The van der Waals surface area contributed by atoms with E-state index in [0.717, 1.165) is 38.5 Å². The number of hydrogen-bond acceptors (Lipinski definition) is 2. The van der Waals surface area contributed by atoms with Crippen LogP contribution in [0, 0.1) is 11.7 Å². The van der Waals surface area contributed by atoms with Gasteiger partial charge in [-0.05, 0) is 50.7 Å². The first-order valence-electron chi connectivity index (χ1n) is 9.90. The molecule has 0 spiro atoms. The van der Waals surface area contributed by atoms with Gasteiger partial charge in [-0.25, -0.2) is 4.39 Å². The summed E-state index contributed by atoms with van der Waals surface area (Å²) in [5.41, 5.74) is 0.599. The average Bonchev–Trinajstić information content (AvgIpc) is 3.13. The van der Waals surface area contributed by atoms with Crippen molar-refractivity contribution < 1.29 is 14.0 Å². The Morgan fingerprint density at radius 3 is 2.62 bits per heavy atom. The van der Waals surface area contributed by atoms with Gasteiger partial charge < -0.3 is 10.2 Å². The highest BCUT2D eigenvalue weighted by atomic mass is 19.1. The molecule has 1 aliphatic carbocycles. The normalized spacial score (nSPS) is 22.2. The van der Waals surface area contributed by atoms with E-state index in [9.17, 15) is 14.0 Å². The third-order valence-electron chi connectivity index (χ3n) is 5.67. The average molecular weight is 360 g/mol. The number of likely N-dealkylation sites (tertiary alicyclic amines) is 1. The van der Waals surface area contributed by atoms with Gasteiger partial charge >= 0.3 is 0 Å². The van der Waals surface area contributed by atoms with Gasteiger partial charge in [-0.1, -0.05) is 37.5 Å². The van der Waals surface area contributed by atoms with Gasteiger partial charge in [0.1, 0.15) is 11.9 Å². The molecule has 1 N–H and O–H groups in total. The molecule has 142 valence electrons. The molecule has 4 nitrogen and oxygen atoms in total. The van der Waals surface area contributed by atoms with Crippen molar-refractivity contribution in [2.75, 3.05) is 6.54 Å². The Labute approximate surface area is 155 Å². The van der Waals surface area contributed by atoms with Crippen LogP contribution in [0.4, 0.5) is 4.39 Å². The van der Waals surface area contributed by atoms with Crippen LogP contribution in [0.15, 0.2) is 24.3 Å². The van der Waals surface area contributed by atoms with E-state index in [1.165, 1.54) is 12.5 Å². The lowest BCUT2D eigenvalue weighted by Gasteiger charge is -2.30. The fourth-order valence-electron chi connectivity index (χ4n) is 4.27. The predicted molar refractivity (Wildman–Crippen MR) is 99.0 cm³/mol. The Bertz CT molecular complexity index is 643. The second-order valence-corrected chi connectivity index (χ2v) is 7.73. The van der Waals surface area contributed by atoms with Crippen molar-refractivity contribution in [2.45, 2.75) is 70.4 Å². The lowest BCUT2D eigenvalue weighted by atomic mass is 9.88. The molecule has 5 heteroatoms. The number of benzene rings is 1. The molecule has 1 heterocycles. The number of nitrogens with zero attached hydrogens (tertiary/aromatic N) is 1. The SMILES string of the molecule is CC(Cc1ccccc1F)NC(=O)C1CCCN1C(=O)C1CCCCC1. The summed E-state index contributed by atoms with van der Waals surface area (Å²) in [6.07, 6.45) is 7.38. The van der Waals surface area contributed by atoms with Crippen LogP contribution in [0.5, 0.6) is 0 Å². The van der Waals surface area contributed by atoms with Crippen LogP contribution in [0.25, 0.3) is 0 Å². The fraction of sp³-hybridized carbons (Fsp3) is 0.619. The van der Waals surface area contributed by atoms with E-state index in [1.807, 2.05) is 6.92 Å². The molecule has 2 atom stereocenters. The van der Waals surface area contributed by atoms with E-state index in [2.05, 4.69) is 5.32 Å². The third kappa shape index (κ3) is 4.43. The summed E-state index contributed by atoms with van der Waals surface area (Å²) in [6.45, 7) is 2.56. The Morgan fingerprint density at radius 2 is 1.88 bits per heavy atom. The Kier molecular flexibility index (Phi) is 6.28. The van der Waals surface area contributed by atoms with E-state index in [1.54, 1.807) is 23.1 Å². The van der Waals surface area contributed by atoms with Gasteiger partial charge in [0.05, 0.1) is 0 Å². The van der Waals surface area contributed by atoms with Gasteiger partial charge in [0.2, 0.25) is 11.8 Å². The molecule has 2 fully saturated rings. The number of nitrogens with one attached hydrogen (secondary N) is 1. The van der Waals surface area contributed by atoms with Gasteiger partial charge in [-0.3, -0.25) is 9.59 Å². The minimum absolute atomic E-state index is 0.0907. The molecule has 1 aromatic carbocycles. The van der Waals surface area contributed by atoms with Crippen LogP contribution in [-0.4, -0.2) is 35.3 Å². The molecule has 1 saturated heterocycles. The molecular formula is C21H29FN2O2. The molecule has 3 rings (SSSR count). The van der Waals surface area contributed by atoms with Crippen molar-refractivity contribution in [1.82, 2.24) is 10.2 Å². The molecule has 26 heavy (non-hydrogen) atoms. The largest absolute Gasteiger partial charge is 0.352 e. The first-order valence-corrected chi connectivity index (χ1v) is 9.90. The monoisotopic (exact) mass is 360 g/mol. The van der Waals surface area contributed by atoms with Crippen LogP contribution >= 0.6 is 0 Å². The second kappa shape index (κ2) is 8.65. The number of hydrogen-bond donors (Lipinski definition) is 1. The lowest BCUT2D eigenvalue weighted by Crippen LogP contribution is -2.50. The minimum Gasteiger partial charge on any atom is -0.352 e. The number of halogens is 1. The summed E-state index contributed by atoms with van der Waals surface area (Å²) in [5, 5.41) is 2.99. The molecule has 1 aromatic rings. The van der Waals surface area contributed by atoms with Crippen LogP contribution < -0.4 is 5.32 Å². The summed E-state index contributed by atoms with van der Waals surface area (Å²) in [6, 6.07) is 6.10. The number of carbonyl (C=O) groups is 2. The number of carbonyl (C=O) groups excluding carboxylic acids is 2. The van der Waals surface area contributed by atoms with Gasteiger partial charge in [-0.15, -0.1) is 0 Å². The summed E-state index contributed by atoms with van der Waals surface area (Å²) < 4.78 is 13.8. The van der Waals surface area contributed by atoms with Crippen LogP contribution in [0.2, 0.25) is 0 Å². The fourth-order valence-corrected chi connectivity index (χ4v) is 4.27. The van der Waals surface area contributed by atoms with Crippen LogP contribution in [0.3, 0.4) is 0 Å². The molecule has 0 radical (unpaired) electrons. The third-order valence-corrected chi connectivity index (χ3v) is 5.67. The zero-order valence-electron chi connectivity index (χ0n) is 15.5. The summed E-state index contributed by atoms with van der Waals surface area (Å²) >= 11 is 0. The van der Waals surface area contributed by atoms with Crippen LogP contribution in [0.1, 0.15) is 57.4 Å². The van der Waals surface area contributed by atoms with Crippen molar-refractivity contribution in [3.05, 3.63) is 35.6 Å². The quantitative estimate of drug-likeness (QED) is 0.874. The van der Waals surface area contributed by atoms with Crippen molar-refractivity contribution in [2.24, 2.45) is 5.92 Å². The maximum absolute atomic E-state index is 13.8. The van der Waals surface area contributed by atoms with E-state index in [-0.39, 0.29) is 35.6 Å². The minimum atomic E-state index is -0.368. The number of amides is 2. The van der Waals surface area contributed by atoms with Gasteiger partial charge in [0.25, 0.3) is 0 Å². The second-order valence-electron chi connectivity index (χ2n) is 7.73. The topological polar surface area (TPSA) is 49.4 Å². The van der Waals surface area contributed by atoms with E-state index < -0.39 is 0 Å². The maximum atomic E-state index is 13.8. The number of rotatable bonds is 5. The molecule has 2 amide bonds. The highest BCUT2D eigenvalue weighted by molar-refractivity contribution is 5.89. The molecule has 2 unspecified atom stereocenters. The zero-order chi connectivity index (χ0) is 18.5. The molecule has 1 saturated carbocycles. The smallest absolute Gasteiger partial charge is 0.243 e. The highest BCUT2D eigenvalue weighted by Gasteiger charge is 2.37. The Hall–Kier alpha value is -1.91. The van der Waals surface area contributed by atoms with Crippen molar-refractivity contribution in [3.63, 3.8) is 0 Å². The zero-order valence-corrected chi connectivity index (χ0v) is 15.5. The standard InChI is InChI=1S/C21H29FN2O2/c1-15(14-17-10-5-6-11-18(17)22)23-20(25)19-12-7-13-24(19)21(26)16-8-3-2-4-9-16/h5-6,10-11,15-16,19H,2-4,7-9,12-14H2,1H3,(H,23,25). The van der Waals surface area contributed by atoms with E-state index >= 15 is 0 Å². The molecule has 1 aliphatic heterocycles. The molecule has 2 aliphatic rings. The lowest BCUT2D eigenvalue weighted by molar-refractivity contribution is -0.142. The highest BCUT2D eigenvalue weighted by Crippen LogP contribution is 2.29. The Morgan fingerprint density at radius 1 is 1.15 bits per heavy atom.